The van der Waals surface area contributed by atoms with Gasteiger partial charge >= 0.3 is 0 Å². The van der Waals surface area contributed by atoms with Crippen LogP contribution in [0.1, 0.15) is 87.6 Å². The van der Waals surface area contributed by atoms with Crippen LogP contribution in [0, 0.1) is 6.92 Å². The van der Waals surface area contributed by atoms with E-state index < -0.39 is 21.8 Å². The van der Waals surface area contributed by atoms with Gasteiger partial charge in [0, 0.05) is 31.7 Å². The zero-order valence-electron chi connectivity index (χ0n) is 34.4. The van der Waals surface area contributed by atoms with Crippen molar-refractivity contribution in [3.63, 3.8) is 0 Å². The second-order valence-electron chi connectivity index (χ2n) is 15.3. The van der Waals surface area contributed by atoms with Crippen molar-refractivity contribution < 1.29 is 27.5 Å². The molecule has 1 aromatic heterocycles. The quantitative estimate of drug-likeness (QED) is 0.0966. The van der Waals surface area contributed by atoms with Crippen molar-refractivity contribution >= 4 is 50.1 Å². The number of nitrogens with one attached hydrogen (secondary N) is 1. The van der Waals surface area contributed by atoms with E-state index in [2.05, 4.69) is 18.6 Å². The third kappa shape index (κ3) is 10.0. The monoisotopic (exact) mass is 840 g/mol. The molecule has 14 heteroatoms. The SMILES string of the molecule is CCCCN(CCCC)C(=O)c1nn(-c2ccc(C(=O)NS(=O)(=O)c3ccc4ccccc4c3)cc2C(=O)N2Cc3ccccc3CC2COCCN(C)C)c(C)c1Cl. The summed E-state index contributed by atoms with van der Waals surface area (Å²) in [4.78, 5) is 48.4. The third-order valence-electron chi connectivity index (χ3n) is 10.7. The van der Waals surface area contributed by atoms with Crippen LogP contribution < -0.4 is 4.72 Å². The normalized spacial score (nSPS) is 14.1. The summed E-state index contributed by atoms with van der Waals surface area (Å²) in [5.41, 5.74) is 2.88. The predicted octanol–water partition coefficient (Wildman–Crippen LogP) is 7.29. The fourth-order valence-corrected chi connectivity index (χ4v) is 8.43. The highest BCUT2D eigenvalue weighted by Crippen LogP contribution is 2.31. The first-order valence-electron chi connectivity index (χ1n) is 20.2. The van der Waals surface area contributed by atoms with Crippen LogP contribution in [0.25, 0.3) is 16.5 Å². The van der Waals surface area contributed by atoms with E-state index in [4.69, 9.17) is 21.4 Å². The number of fused-ring (bicyclic) bond motifs is 2. The van der Waals surface area contributed by atoms with Crippen molar-refractivity contribution in [3.05, 3.63) is 124 Å². The predicted molar refractivity (Wildman–Crippen MR) is 231 cm³/mol. The van der Waals surface area contributed by atoms with Crippen molar-refractivity contribution in [2.75, 3.05) is 46.9 Å². The van der Waals surface area contributed by atoms with Gasteiger partial charge in [-0.15, -0.1) is 0 Å². The van der Waals surface area contributed by atoms with Crippen molar-refractivity contribution in [2.45, 2.75) is 70.4 Å². The first-order chi connectivity index (χ1) is 28.3. The van der Waals surface area contributed by atoms with Gasteiger partial charge in [0.1, 0.15) is 0 Å². The summed E-state index contributed by atoms with van der Waals surface area (Å²) in [7, 11) is -0.384. The molecule has 3 amide bonds. The molecule has 6 rings (SSSR count). The maximum atomic E-state index is 15.1. The highest BCUT2D eigenvalue weighted by Gasteiger charge is 2.34. The molecule has 0 fully saturated rings. The topological polar surface area (TPSA) is 134 Å². The fourth-order valence-electron chi connectivity index (χ4n) is 7.22. The molecular weight excluding hydrogens is 788 g/mol. The Morgan fingerprint density at radius 2 is 1.56 bits per heavy atom. The van der Waals surface area contributed by atoms with Crippen LogP contribution in [0.3, 0.4) is 0 Å². The number of benzene rings is 4. The molecule has 0 aliphatic carbocycles. The molecule has 0 spiro atoms. The molecule has 0 saturated heterocycles. The first kappa shape index (κ1) is 43.5. The lowest BCUT2D eigenvalue weighted by Gasteiger charge is -2.37. The average molecular weight is 841 g/mol. The van der Waals surface area contributed by atoms with Gasteiger partial charge in [0.15, 0.2) is 5.69 Å². The van der Waals surface area contributed by atoms with Gasteiger partial charge in [-0.05, 0) is 92.5 Å². The van der Waals surface area contributed by atoms with E-state index in [0.29, 0.717) is 43.7 Å². The number of carbonyl (C=O) groups excluding carboxylic acids is 3. The summed E-state index contributed by atoms with van der Waals surface area (Å²) < 4.78 is 37.0. The number of rotatable bonds is 17. The van der Waals surface area contributed by atoms with E-state index in [1.165, 1.54) is 28.9 Å². The zero-order valence-corrected chi connectivity index (χ0v) is 36.0. The highest BCUT2D eigenvalue weighted by atomic mass is 35.5. The van der Waals surface area contributed by atoms with Crippen molar-refractivity contribution in [1.29, 1.82) is 0 Å². The van der Waals surface area contributed by atoms with Crippen molar-refractivity contribution in [2.24, 2.45) is 0 Å². The number of ether oxygens (including phenoxy) is 1. The van der Waals surface area contributed by atoms with Crippen LogP contribution in [0.5, 0.6) is 0 Å². The van der Waals surface area contributed by atoms with E-state index in [1.54, 1.807) is 41.0 Å². The van der Waals surface area contributed by atoms with Crippen LogP contribution in [0.4, 0.5) is 0 Å². The van der Waals surface area contributed by atoms with Gasteiger partial charge in [-0.3, -0.25) is 14.4 Å². The number of halogens is 1. The molecule has 0 saturated carbocycles. The Labute approximate surface area is 352 Å². The number of aromatic nitrogens is 2. The summed E-state index contributed by atoms with van der Waals surface area (Å²) in [5, 5.41) is 6.45. The summed E-state index contributed by atoms with van der Waals surface area (Å²) in [6, 6.07) is 23.9. The minimum Gasteiger partial charge on any atom is -0.378 e. The minimum absolute atomic E-state index is 0.0600. The second-order valence-corrected chi connectivity index (χ2v) is 17.3. The molecule has 4 aromatic carbocycles. The molecule has 2 heterocycles. The van der Waals surface area contributed by atoms with Crippen LogP contribution in [-0.2, 0) is 27.7 Å². The van der Waals surface area contributed by atoms with Crippen LogP contribution in [0.2, 0.25) is 5.02 Å². The lowest BCUT2D eigenvalue weighted by molar-refractivity contribution is 0.0340. The molecule has 5 aromatic rings. The molecule has 0 bridgehead atoms. The molecular formula is C45H53ClN6O6S. The van der Waals surface area contributed by atoms with Crippen LogP contribution in [-0.4, -0.2) is 104 Å². The maximum absolute atomic E-state index is 15.1. The van der Waals surface area contributed by atoms with Crippen molar-refractivity contribution in [3.8, 4) is 5.69 Å². The molecule has 1 atom stereocenters. The molecule has 12 nitrogen and oxygen atoms in total. The van der Waals surface area contributed by atoms with Gasteiger partial charge in [0.2, 0.25) is 0 Å². The number of nitrogens with zero attached hydrogens (tertiary/aromatic N) is 5. The number of hydrogen-bond donors (Lipinski definition) is 1. The second kappa shape index (κ2) is 19.3. The summed E-state index contributed by atoms with van der Waals surface area (Å²) >= 11 is 6.90. The summed E-state index contributed by atoms with van der Waals surface area (Å²) in [5.74, 6) is -1.64. The molecule has 1 aliphatic heterocycles. The molecule has 1 unspecified atom stereocenters. The maximum Gasteiger partial charge on any atom is 0.275 e. The standard InChI is InChI=1S/C45H53ClN6O6S/c1-6-8-22-50(23-9-7-2)45(55)42-41(46)31(3)52(47-42)40-21-19-35(43(53)48-59(56,57)38-20-18-32-14-10-11-16-34(32)27-38)28-39(40)44(54)51-29-36-17-13-12-15-33(36)26-37(51)30-58-25-24-49(4)5/h10-21,27-28,37H,6-9,22-26,29-30H2,1-5H3,(H,48,53). The van der Waals surface area contributed by atoms with Crippen molar-refractivity contribution in [1.82, 2.24) is 29.2 Å². The van der Waals surface area contributed by atoms with Crippen LogP contribution >= 0.6 is 11.6 Å². The van der Waals surface area contributed by atoms with Gasteiger partial charge in [0.25, 0.3) is 27.7 Å². The molecule has 1 aliphatic rings. The minimum atomic E-state index is -4.31. The van der Waals surface area contributed by atoms with E-state index >= 15 is 4.79 Å². The Hall–Kier alpha value is -5.08. The fraction of sp³-hybridized carbons (Fsp3) is 0.378. The third-order valence-corrected chi connectivity index (χ3v) is 12.5. The first-order valence-corrected chi connectivity index (χ1v) is 22.0. The Morgan fingerprint density at radius 3 is 2.25 bits per heavy atom. The smallest absolute Gasteiger partial charge is 0.275 e. The van der Waals surface area contributed by atoms with E-state index in [0.717, 1.165) is 42.2 Å². The van der Waals surface area contributed by atoms with Gasteiger partial charge < -0.3 is 19.4 Å². The molecule has 0 radical (unpaired) electrons. The molecule has 1 N–H and O–H groups in total. The summed E-state index contributed by atoms with van der Waals surface area (Å²) in [6.45, 7) is 8.68. The molecule has 59 heavy (non-hydrogen) atoms. The summed E-state index contributed by atoms with van der Waals surface area (Å²) in [6.07, 6.45) is 4.01. The number of unbranched alkanes of at least 4 members (excludes halogenated alkanes) is 2. The Balaban J connectivity index is 1.41. The average Bonchev–Trinajstić information content (AvgIpc) is 3.53. The number of sulfonamides is 1. The largest absolute Gasteiger partial charge is 0.378 e. The van der Waals surface area contributed by atoms with Gasteiger partial charge in [-0.2, -0.15) is 5.10 Å². The van der Waals surface area contributed by atoms with Gasteiger partial charge in [-0.1, -0.05) is 92.9 Å². The number of likely N-dealkylation sites (N-methyl/N-ethyl adjacent to an activating group) is 1. The zero-order chi connectivity index (χ0) is 42.3. The highest BCUT2D eigenvalue weighted by molar-refractivity contribution is 7.90. The number of carbonyl (C=O) groups is 3. The lowest BCUT2D eigenvalue weighted by Crippen LogP contribution is -2.47. The number of amides is 3. The Kier molecular flexibility index (Phi) is 14.2. The van der Waals surface area contributed by atoms with E-state index in [1.807, 2.05) is 55.4 Å². The van der Waals surface area contributed by atoms with Gasteiger partial charge in [-0.25, -0.2) is 17.8 Å². The molecule has 312 valence electrons. The Bertz CT molecular complexity index is 2420. The lowest BCUT2D eigenvalue weighted by atomic mass is 9.93. The Morgan fingerprint density at radius 1 is 0.881 bits per heavy atom. The number of hydrogen-bond acceptors (Lipinski definition) is 8. The van der Waals surface area contributed by atoms with Gasteiger partial charge in [0.05, 0.1) is 46.1 Å². The van der Waals surface area contributed by atoms with E-state index in [-0.39, 0.29) is 57.5 Å². The van der Waals surface area contributed by atoms with E-state index in [9.17, 15) is 18.0 Å². The van der Waals surface area contributed by atoms with Crippen LogP contribution in [0.15, 0.2) is 89.8 Å².